The Kier molecular flexibility index (Phi) is 4.00. The summed E-state index contributed by atoms with van der Waals surface area (Å²) >= 11 is 5.93. The number of rotatable bonds is 3. The molecule has 21 heavy (non-hydrogen) atoms. The molecule has 6 heteroatoms. The third-order valence-corrected chi connectivity index (χ3v) is 4.12. The van der Waals surface area contributed by atoms with E-state index in [0.29, 0.717) is 17.9 Å². The summed E-state index contributed by atoms with van der Waals surface area (Å²) in [4.78, 5) is 6.99. The summed E-state index contributed by atoms with van der Waals surface area (Å²) in [7, 11) is 2.14. The normalized spacial score (nSPS) is 16.3. The molecule has 0 amide bonds. The summed E-state index contributed by atoms with van der Waals surface area (Å²) < 4.78 is 2.16. The van der Waals surface area contributed by atoms with Crippen LogP contribution in [0.4, 0.5) is 0 Å². The van der Waals surface area contributed by atoms with Gasteiger partial charge in [-0.15, -0.1) is 11.6 Å². The van der Waals surface area contributed by atoms with E-state index in [9.17, 15) is 5.26 Å². The minimum atomic E-state index is 0.527. The van der Waals surface area contributed by atoms with Crippen molar-refractivity contribution in [2.24, 2.45) is 0 Å². The molecule has 0 saturated carbocycles. The van der Waals surface area contributed by atoms with E-state index >= 15 is 0 Å². The van der Waals surface area contributed by atoms with Gasteiger partial charge in [0.1, 0.15) is 17.4 Å². The number of imidazole rings is 1. The maximum Gasteiger partial charge on any atom is 0.130 e. The Bertz CT molecular complexity index is 679. The molecule has 5 nitrogen and oxygen atoms in total. The number of likely N-dealkylation sites (N-methyl/N-ethyl adjacent to an activating group) is 1. The molecular weight excluding hydrogens is 286 g/mol. The number of hydrogen-bond donors (Lipinski definition) is 0. The fraction of sp³-hybridized carbons (Fsp3) is 0.467. The van der Waals surface area contributed by atoms with E-state index < -0.39 is 0 Å². The van der Waals surface area contributed by atoms with Crippen molar-refractivity contribution >= 4 is 22.6 Å². The highest BCUT2D eigenvalue weighted by Gasteiger charge is 2.21. The average Bonchev–Trinajstić information content (AvgIpc) is 2.86. The summed E-state index contributed by atoms with van der Waals surface area (Å²) in [5.41, 5.74) is 2.40. The van der Waals surface area contributed by atoms with Crippen molar-refractivity contribution < 1.29 is 0 Å². The molecule has 2 aromatic rings. The van der Waals surface area contributed by atoms with Crippen LogP contribution in [0.25, 0.3) is 11.0 Å². The molecule has 3 rings (SSSR count). The molecule has 0 radical (unpaired) electrons. The number of aromatic nitrogens is 2. The average molecular weight is 304 g/mol. The largest absolute Gasteiger partial charge is 0.308 e. The summed E-state index contributed by atoms with van der Waals surface area (Å²) in [5.74, 6) is 1.46. The quantitative estimate of drug-likeness (QED) is 0.808. The van der Waals surface area contributed by atoms with Crippen molar-refractivity contribution in [3.8, 4) is 6.07 Å². The van der Waals surface area contributed by atoms with E-state index in [1.807, 2.05) is 18.2 Å². The molecule has 0 unspecified atom stereocenters. The molecule has 0 bridgehead atoms. The number of para-hydroxylation sites is 1. The Hall–Kier alpha value is -1.77. The van der Waals surface area contributed by atoms with Gasteiger partial charge in [-0.25, -0.2) is 9.66 Å². The molecule has 110 valence electrons. The Morgan fingerprint density at radius 3 is 2.71 bits per heavy atom. The van der Waals surface area contributed by atoms with Crippen LogP contribution < -0.4 is 5.01 Å². The summed E-state index contributed by atoms with van der Waals surface area (Å²) in [5, 5.41) is 11.6. The van der Waals surface area contributed by atoms with Gasteiger partial charge in [-0.1, -0.05) is 6.07 Å². The van der Waals surface area contributed by atoms with E-state index in [0.717, 1.165) is 43.0 Å². The minimum absolute atomic E-state index is 0.527. The zero-order valence-corrected chi connectivity index (χ0v) is 12.8. The first-order valence-corrected chi connectivity index (χ1v) is 7.68. The molecule has 0 aliphatic carbocycles. The summed E-state index contributed by atoms with van der Waals surface area (Å²) in [6.45, 7) is 3.96. The van der Waals surface area contributed by atoms with Crippen LogP contribution in [0.15, 0.2) is 18.2 Å². The van der Waals surface area contributed by atoms with Crippen molar-refractivity contribution in [1.82, 2.24) is 14.6 Å². The molecule has 0 N–H and O–H groups in total. The molecule has 0 atom stereocenters. The number of benzene rings is 1. The van der Waals surface area contributed by atoms with Crippen LogP contribution in [0.5, 0.6) is 0 Å². The number of piperazine rings is 1. The number of alkyl halides is 1. The summed E-state index contributed by atoms with van der Waals surface area (Å²) in [6, 6.07) is 7.98. The molecule has 2 heterocycles. The van der Waals surface area contributed by atoms with Crippen molar-refractivity contribution in [3.63, 3.8) is 0 Å². The minimum Gasteiger partial charge on any atom is -0.308 e. The Morgan fingerprint density at radius 1 is 1.29 bits per heavy atom. The Labute approximate surface area is 129 Å². The molecule has 0 spiro atoms. The molecular formula is C15H18ClN5. The molecule has 1 aliphatic rings. The second-order valence-corrected chi connectivity index (χ2v) is 5.70. The SMILES string of the molecule is CN1CCN(n2c(CCCl)nc3c(C#N)cccc32)CC1. The molecule has 1 aromatic carbocycles. The van der Waals surface area contributed by atoms with E-state index in [-0.39, 0.29) is 0 Å². The van der Waals surface area contributed by atoms with Gasteiger partial charge in [0.05, 0.1) is 11.1 Å². The van der Waals surface area contributed by atoms with Gasteiger partial charge in [0, 0.05) is 38.5 Å². The lowest BCUT2D eigenvalue weighted by molar-refractivity contribution is 0.287. The lowest BCUT2D eigenvalue weighted by atomic mass is 10.2. The van der Waals surface area contributed by atoms with Gasteiger partial charge in [-0.3, -0.25) is 0 Å². The van der Waals surface area contributed by atoms with E-state index in [1.165, 1.54) is 0 Å². The number of nitriles is 1. The van der Waals surface area contributed by atoms with Gasteiger partial charge >= 0.3 is 0 Å². The second-order valence-electron chi connectivity index (χ2n) is 5.32. The highest BCUT2D eigenvalue weighted by atomic mass is 35.5. The molecule has 1 aliphatic heterocycles. The zero-order chi connectivity index (χ0) is 14.8. The van der Waals surface area contributed by atoms with Gasteiger partial charge in [0.2, 0.25) is 0 Å². The molecule has 1 saturated heterocycles. The van der Waals surface area contributed by atoms with E-state index in [4.69, 9.17) is 11.6 Å². The third-order valence-electron chi connectivity index (χ3n) is 3.93. The zero-order valence-electron chi connectivity index (χ0n) is 12.1. The van der Waals surface area contributed by atoms with E-state index in [1.54, 1.807) is 0 Å². The van der Waals surface area contributed by atoms with Crippen molar-refractivity contribution in [3.05, 3.63) is 29.6 Å². The van der Waals surface area contributed by atoms with Crippen molar-refractivity contribution in [2.75, 3.05) is 44.1 Å². The first kappa shape index (κ1) is 14.2. The van der Waals surface area contributed by atoms with Crippen LogP contribution >= 0.6 is 11.6 Å². The van der Waals surface area contributed by atoms with Crippen LogP contribution in [0.3, 0.4) is 0 Å². The smallest absolute Gasteiger partial charge is 0.130 e. The van der Waals surface area contributed by atoms with Crippen molar-refractivity contribution in [2.45, 2.75) is 6.42 Å². The molecule has 1 fully saturated rings. The maximum atomic E-state index is 9.27. The van der Waals surface area contributed by atoms with Gasteiger partial charge in [-0.05, 0) is 19.2 Å². The van der Waals surface area contributed by atoms with Crippen LogP contribution in [0.2, 0.25) is 0 Å². The topological polar surface area (TPSA) is 48.1 Å². The standard InChI is InChI=1S/C15H18ClN5/c1-19-7-9-20(10-8-19)21-13-4-2-3-12(11-17)15(13)18-14(21)5-6-16/h2-4H,5-10H2,1H3. The van der Waals surface area contributed by atoms with Gasteiger partial charge < -0.3 is 9.91 Å². The van der Waals surface area contributed by atoms with E-state index in [2.05, 4.69) is 32.7 Å². The highest BCUT2D eigenvalue weighted by molar-refractivity contribution is 6.17. The second kappa shape index (κ2) is 5.92. The first-order chi connectivity index (χ1) is 10.2. The Balaban J connectivity index is 2.10. The Morgan fingerprint density at radius 2 is 2.05 bits per heavy atom. The number of fused-ring (bicyclic) bond motifs is 1. The van der Waals surface area contributed by atoms with Crippen LogP contribution in [-0.4, -0.2) is 53.7 Å². The number of hydrogen-bond acceptors (Lipinski definition) is 4. The number of halogens is 1. The third kappa shape index (κ3) is 2.57. The van der Waals surface area contributed by atoms with Crippen molar-refractivity contribution in [1.29, 1.82) is 5.26 Å². The lowest BCUT2D eigenvalue weighted by Crippen LogP contribution is -2.50. The number of nitrogens with zero attached hydrogens (tertiary/aromatic N) is 5. The maximum absolute atomic E-state index is 9.27. The first-order valence-electron chi connectivity index (χ1n) is 7.14. The fourth-order valence-electron chi connectivity index (χ4n) is 2.78. The van der Waals surface area contributed by atoms with Crippen LogP contribution in [0, 0.1) is 11.3 Å². The lowest BCUT2D eigenvalue weighted by Gasteiger charge is -2.35. The summed E-state index contributed by atoms with van der Waals surface area (Å²) in [6.07, 6.45) is 0.702. The predicted molar refractivity (Wildman–Crippen MR) is 84.3 cm³/mol. The van der Waals surface area contributed by atoms with Gasteiger partial charge in [0.25, 0.3) is 0 Å². The van der Waals surface area contributed by atoms with Gasteiger partial charge in [-0.2, -0.15) is 5.26 Å². The predicted octanol–water partition coefficient (Wildman–Crippen LogP) is 1.57. The highest BCUT2D eigenvalue weighted by Crippen LogP contribution is 2.21. The monoisotopic (exact) mass is 303 g/mol. The molecule has 1 aromatic heterocycles. The van der Waals surface area contributed by atoms with Crippen LogP contribution in [0.1, 0.15) is 11.4 Å². The number of aryl methyl sites for hydroxylation is 1. The van der Waals surface area contributed by atoms with Crippen LogP contribution in [-0.2, 0) is 6.42 Å². The fourth-order valence-corrected chi connectivity index (χ4v) is 2.95. The van der Waals surface area contributed by atoms with Gasteiger partial charge in [0.15, 0.2) is 0 Å².